The van der Waals surface area contributed by atoms with Crippen LogP contribution in [0, 0.1) is 11.8 Å². The molecule has 0 radical (unpaired) electrons. The minimum absolute atomic E-state index is 0.0402. The highest BCUT2D eigenvalue weighted by atomic mass is 16.5. The summed E-state index contributed by atoms with van der Waals surface area (Å²) >= 11 is 0. The number of rotatable bonds is 11. The van der Waals surface area contributed by atoms with Gasteiger partial charge in [-0.05, 0) is 43.2 Å². The third-order valence-electron chi connectivity index (χ3n) is 4.46. The lowest BCUT2D eigenvalue weighted by atomic mass is 9.91. The third kappa shape index (κ3) is 8.20. The molecule has 2 atom stereocenters. The average molecular weight is 319 g/mol. The Kier molecular flexibility index (Phi) is 9.66. The Bertz CT molecular complexity index is 425. The lowest BCUT2D eigenvalue weighted by molar-refractivity contribution is 0.0213. The van der Waals surface area contributed by atoms with Crippen LogP contribution in [-0.4, -0.2) is 12.1 Å². The van der Waals surface area contributed by atoms with Gasteiger partial charge in [0.15, 0.2) is 0 Å². The van der Waals surface area contributed by atoms with Crippen molar-refractivity contribution in [3.8, 4) is 0 Å². The lowest BCUT2D eigenvalue weighted by Crippen LogP contribution is -2.21. The highest BCUT2D eigenvalue weighted by Gasteiger charge is 2.19. The normalized spacial score (nSPS) is 13.8. The zero-order valence-corrected chi connectivity index (χ0v) is 15.4. The quantitative estimate of drug-likeness (QED) is 0.450. The van der Waals surface area contributed by atoms with Crippen molar-refractivity contribution >= 4 is 5.97 Å². The van der Waals surface area contributed by atoms with Crippen molar-refractivity contribution in [2.45, 2.75) is 78.7 Å². The average Bonchev–Trinajstić information content (AvgIpc) is 2.55. The summed E-state index contributed by atoms with van der Waals surface area (Å²) in [7, 11) is 0. The van der Waals surface area contributed by atoms with Gasteiger partial charge < -0.3 is 4.74 Å². The molecule has 0 heterocycles. The van der Waals surface area contributed by atoms with Crippen LogP contribution < -0.4 is 0 Å². The van der Waals surface area contributed by atoms with Crippen molar-refractivity contribution in [2.24, 2.45) is 11.8 Å². The van der Waals surface area contributed by atoms with Gasteiger partial charge in [0.1, 0.15) is 6.10 Å². The van der Waals surface area contributed by atoms with Crippen LogP contribution in [0.15, 0.2) is 30.3 Å². The van der Waals surface area contributed by atoms with Gasteiger partial charge in [0, 0.05) is 0 Å². The van der Waals surface area contributed by atoms with Crippen molar-refractivity contribution in [1.29, 1.82) is 0 Å². The van der Waals surface area contributed by atoms with E-state index in [4.69, 9.17) is 4.74 Å². The molecule has 0 aliphatic rings. The Labute approximate surface area is 142 Å². The van der Waals surface area contributed by atoms with Crippen LogP contribution in [0.4, 0.5) is 0 Å². The molecule has 23 heavy (non-hydrogen) atoms. The Morgan fingerprint density at radius 2 is 1.74 bits per heavy atom. The predicted molar refractivity (Wildman–Crippen MR) is 97.6 cm³/mol. The van der Waals surface area contributed by atoms with E-state index in [0.717, 1.165) is 25.2 Å². The van der Waals surface area contributed by atoms with E-state index < -0.39 is 0 Å². The van der Waals surface area contributed by atoms with Crippen molar-refractivity contribution in [3.05, 3.63) is 35.9 Å². The first kappa shape index (κ1) is 19.7. The summed E-state index contributed by atoms with van der Waals surface area (Å²) in [4.78, 5) is 12.3. The van der Waals surface area contributed by atoms with Gasteiger partial charge in [-0.15, -0.1) is 0 Å². The van der Waals surface area contributed by atoms with Gasteiger partial charge in [0.2, 0.25) is 0 Å². The zero-order chi connectivity index (χ0) is 17.1. The highest BCUT2D eigenvalue weighted by Crippen LogP contribution is 2.23. The summed E-state index contributed by atoms with van der Waals surface area (Å²) < 4.78 is 5.81. The van der Waals surface area contributed by atoms with Crippen LogP contribution in [-0.2, 0) is 4.74 Å². The summed E-state index contributed by atoms with van der Waals surface area (Å²) in [6, 6.07) is 9.33. The molecular formula is C21H34O2. The Morgan fingerprint density at radius 3 is 2.30 bits per heavy atom. The molecule has 2 heteroatoms. The van der Waals surface area contributed by atoms with Crippen molar-refractivity contribution in [2.75, 3.05) is 0 Å². The molecule has 1 rings (SSSR count). The maximum absolute atomic E-state index is 12.3. The number of hydrogen-bond acceptors (Lipinski definition) is 2. The SMILES string of the molecule is CCCC[C@H](CC)CC[C@H](CC(C)C)OC(=O)c1ccccc1. The molecule has 0 spiro atoms. The molecule has 1 aromatic carbocycles. The summed E-state index contributed by atoms with van der Waals surface area (Å²) in [5.74, 6) is 1.12. The summed E-state index contributed by atoms with van der Waals surface area (Å²) in [5.41, 5.74) is 0.652. The fourth-order valence-electron chi connectivity index (χ4n) is 3.01. The first-order valence-electron chi connectivity index (χ1n) is 9.32. The summed E-state index contributed by atoms with van der Waals surface area (Å²) in [6.45, 7) is 8.90. The molecule has 0 saturated carbocycles. The second-order valence-corrected chi connectivity index (χ2v) is 7.02. The van der Waals surface area contributed by atoms with E-state index in [2.05, 4.69) is 27.7 Å². The topological polar surface area (TPSA) is 26.3 Å². The summed E-state index contributed by atoms with van der Waals surface area (Å²) in [5, 5.41) is 0. The summed E-state index contributed by atoms with van der Waals surface area (Å²) in [6.07, 6.45) is 8.22. The van der Waals surface area contributed by atoms with Crippen LogP contribution in [0.1, 0.15) is 83.0 Å². The second kappa shape index (κ2) is 11.3. The number of ether oxygens (including phenoxy) is 1. The molecule has 2 nitrogen and oxygen atoms in total. The molecule has 0 aliphatic heterocycles. The van der Waals surface area contributed by atoms with Gasteiger partial charge in [-0.2, -0.15) is 0 Å². The minimum Gasteiger partial charge on any atom is -0.459 e. The van der Waals surface area contributed by atoms with E-state index in [1.165, 1.54) is 25.7 Å². The van der Waals surface area contributed by atoms with E-state index in [1.807, 2.05) is 30.3 Å². The number of carbonyl (C=O) groups is 1. The fraction of sp³-hybridized carbons (Fsp3) is 0.667. The number of hydrogen-bond donors (Lipinski definition) is 0. The van der Waals surface area contributed by atoms with Crippen LogP contribution in [0.3, 0.4) is 0 Å². The van der Waals surface area contributed by atoms with Gasteiger partial charge >= 0.3 is 5.97 Å². The van der Waals surface area contributed by atoms with E-state index in [9.17, 15) is 4.79 Å². The molecule has 0 unspecified atom stereocenters. The third-order valence-corrected chi connectivity index (χ3v) is 4.46. The number of carbonyl (C=O) groups excluding carboxylic acids is 1. The molecule has 0 aromatic heterocycles. The van der Waals surface area contributed by atoms with Crippen LogP contribution in [0.5, 0.6) is 0 Å². The van der Waals surface area contributed by atoms with E-state index in [-0.39, 0.29) is 12.1 Å². The smallest absolute Gasteiger partial charge is 0.338 e. The van der Waals surface area contributed by atoms with Crippen LogP contribution >= 0.6 is 0 Å². The van der Waals surface area contributed by atoms with Crippen LogP contribution in [0.25, 0.3) is 0 Å². The Balaban J connectivity index is 2.56. The Morgan fingerprint density at radius 1 is 1.04 bits per heavy atom. The number of benzene rings is 1. The molecule has 0 saturated heterocycles. The van der Waals surface area contributed by atoms with Crippen LogP contribution in [0.2, 0.25) is 0 Å². The molecule has 0 fully saturated rings. The zero-order valence-electron chi connectivity index (χ0n) is 15.4. The van der Waals surface area contributed by atoms with Gasteiger partial charge in [-0.3, -0.25) is 0 Å². The largest absolute Gasteiger partial charge is 0.459 e. The van der Waals surface area contributed by atoms with Gasteiger partial charge in [0.25, 0.3) is 0 Å². The lowest BCUT2D eigenvalue weighted by Gasteiger charge is -2.22. The van der Waals surface area contributed by atoms with Crippen molar-refractivity contribution in [1.82, 2.24) is 0 Å². The molecule has 0 bridgehead atoms. The first-order valence-corrected chi connectivity index (χ1v) is 9.32. The standard InChI is InChI=1S/C21H34O2/c1-5-7-11-18(6-2)14-15-20(16-17(3)4)23-21(22)19-12-9-8-10-13-19/h8-10,12-13,17-18,20H,5-7,11,14-16H2,1-4H3/t18-,20+/m0/s1. The highest BCUT2D eigenvalue weighted by molar-refractivity contribution is 5.89. The van der Waals surface area contributed by atoms with E-state index in [0.29, 0.717) is 11.5 Å². The monoisotopic (exact) mass is 318 g/mol. The van der Waals surface area contributed by atoms with Crippen molar-refractivity contribution in [3.63, 3.8) is 0 Å². The molecule has 0 N–H and O–H groups in total. The molecule has 0 aliphatic carbocycles. The molecule has 130 valence electrons. The number of esters is 1. The van der Waals surface area contributed by atoms with E-state index in [1.54, 1.807) is 0 Å². The Hall–Kier alpha value is -1.31. The van der Waals surface area contributed by atoms with Gasteiger partial charge in [-0.1, -0.05) is 71.6 Å². The van der Waals surface area contributed by atoms with Crippen molar-refractivity contribution < 1.29 is 9.53 Å². The second-order valence-electron chi connectivity index (χ2n) is 7.02. The van der Waals surface area contributed by atoms with Gasteiger partial charge in [0.05, 0.1) is 5.56 Å². The van der Waals surface area contributed by atoms with Gasteiger partial charge in [-0.25, -0.2) is 4.79 Å². The maximum Gasteiger partial charge on any atom is 0.338 e. The molecule has 1 aromatic rings. The minimum atomic E-state index is -0.183. The first-order chi connectivity index (χ1) is 11.1. The maximum atomic E-state index is 12.3. The predicted octanol–water partition coefficient (Wildman–Crippen LogP) is 6.25. The van der Waals surface area contributed by atoms with E-state index >= 15 is 0 Å². The molecular weight excluding hydrogens is 284 g/mol. The number of unbranched alkanes of at least 4 members (excludes halogenated alkanes) is 1. The fourth-order valence-corrected chi connectivity index (χ4v) is 3.01. The molecule has 0 amide bonds.